The number of fused-ring (bicyclic) bond motifs is 3. The van der Waals surface area contributed by atoms with Gasteiger partial charge in [-0.3, -0.25) is 14.3 Å². The molecule has 4 aromatic rings. The predicted molar refractivity (Wildman–Crippen MR) is 111 cm³/mol. The number of hydrogen-bond acceptors (Lipinski definition) is 3. The third kappa shape index (κ3) is 3.67. The SMILES string of the molecule is CCC(C(=O)Nc1cccc(C(F)(F)F)c1)n1c2ccccc2c2nc(=O)cc(C)n21. The number of carbonyl (C=O) groups excluding carboxylic acids is 1. The molecule has 2 heterocycles. The molecule has 0 spiro atoms. The van der Waals surface area contributed by atoms with Crippen LogP contribution in [0.5, 0.6) is 0 Å². The highest BCUT2D eigenvalue weighted by molar-refractivity contribution is 5.97. The van der Waals surface area contributed by atoms with Crippen molar-refractivity contribution in [1.29, 1.82) is 0 Å². The molecule has 1 N–H and O–H groups in total. The van der Waals surface area contributed by atoms with Gasteiger partial charge in [-0.25, -0.2) is 4.52 Å². The Kier molecular flexibility index (Phi) is 5.04. The van der Waals surface area contributed by atoms with Crippen molar-refractivity contribution in [3.8, 4) is 0 Å². The molecule has 4 rings (SSSR count). The first kappa shape index (κ1) is 20.6. The van der Waals surface area contributed by atoms with Gasteiger partial charge in [0.1, 0.15) is 6.04 Å². The summed E-state index contributed by atoms with van der Waals surface area (Å²) in [6, 6.07) is 12.4. The number of carbonyl (C=O) groups is 1. The summed E-state index contributed by atoms with van der Waals surface area (Å²) in [5.74, 6) is -0.470. The second-order valence-electron chi connectivity index (χ2n) is 7.22. The first-order valence-electron chi connectivity index (χ1n) is 9.68. The summed E-state index contributed by atoms with van der Waals surface area (Å²) in [6.07, 6.45) is -4.14. The number of benzene rings is 2. The van der Waals surface area contributed by atoms with Gasteiger partial charge in [-0.05, 0) is 43.7 Å². The zero-order chi connectivity index (χ0) is 22.3. The van der Waals surface area contributed by atoms with Gasteiger partial charge in [0.25, 0.3) is 5.56 Å². The van der Waals surface area contributed by atoms with Gasteiger partial charge in [-0.2, -0.15) is 18.2 Å². The molecule has 0 aliphatic heterocycles. The molecular weight excluding hydrogens is 409 g/mol. The molecule has 2 aromatic carbocycles. The van der Waals surface area contributed by atoms with Crippen molar-refractivity contribution >= 4 is 28.1 Å². The van der Waals surface area contributed by atoms with E-state index in [0.29, 0.717) is 28.7 Å². The van der Waals surface area contributed by atoms with Crippen molar-refractivity contribution in [3.05, 3.63) is 76.2 Å². The molecule has 0 saturated heterocycles. The van der Waals surface area contributed by atoms with Crippen molar-refractivity contribution in [1.82, 2.24) is 14.2 Å². The van der Waals surface area contributed by atoms with Crippen LogP contribution in [0.2, 0.25) is 0 Å². The molecule has 160 valence electrons. The maximum atomic E-state index is 13.2. The number of anilines is 1. The molecule has 2 aromatic heterocycles. The minimum atomic E-state index is -4.51. The van der Waals surface area contributed by atoms with Crippen LogP contribution in [0.4, 0.5) is 18.9 Å². The Morgan fingerprint density at radius 3 is 2.58 bits per heavy atom. The fourth-order valence-electron chi connectivity index (χ4n) is 3.78. The van der Waals surface area contributed by atoms with E-state index in [1.807, 2.05) is 31.2 Å². The highest BCUT2D eigenvalue weighted by atomic mass is 19.4. The van der Waals surface area contributed by atoms with E-state index >= 15 is 0 Å². The third-order valence-electron chi connectivity index (χ3n) is 5.13. The molecule has 0 fully saturated rings. The number of hydrogen-bond donors (Lipinski definition) is 1. The molecule has 0 saturated carbocycles. The van der Waals surface area contributed by atoms with Gasteiger partial charge in [0.15, 0.2) is 5.65 Å². The minimum absolute atomic E-state index is 0.0562. The van der Waals surface area contributed by atoms with Crippen molar-refractivity contribution in [2.75, 3.05) is 5.32 Å². The van der Waals surface area contributed by atoms with Crippen LogP contribution < -0.4 is 10.9 Å². The zero-order valence-corrected chi connectivity index (χ0v) is 16.8. The number of para-hydroxylation sites is 1. The average Bonchev–Trinajstić information content (AvgIpc) is 3.03. The Hall–Kier alpha value is -3.62. The molecule has 1 amide bonds. The fraction of sp³-hybridized carbons (Fsp3) is 0.227. The van der Waals surface area contributed by atoms with Crippen molar-refractivity contribution in [2.24, 2.45) is 0 Å². The van der Waals surface area contributed by atoms with E-state index in [0.717, 1.165) is 12.1 Å². The zero-order valence-electron chi connectivity index (χ0n) is 16.8. The maximum Gasteiger partial charge on any atom is 0.416 e. The van der Waals surface area contributed by atoms with Crippen LogP contribution in [0.3, 0.4) is 0 Å². The quantitative estimate of drug-likeness (QED) is 0.518. The Morgan fingerprint density at radius 2 is 1.87 bits per heavy atom. The van der Waals surface area contributed by atoms with Crippen molar-refractivity contribution in [3.63, 3.8) is 0 Å². The molecule has 0 aliphatic carbocycles. The number of nitrogens with one attached hydrogen (secondary N) is 1. The lowest BCUT2D eigenvalue weighted by molar-refractivity contribution is -0.137. The number of halogens is 3. The van der Waals surface area contributed by atoms with Crippen molar-refractivity contribution < 1.29 is 18.0 Å². The van der Waals surface area contributed by atoms with Crippen LogP contribution in [0.25, 0.3) is 16.6 Å². The molecule has 0 radical (unpaired) electrons. The lowest BCUT2D eigenvalue weighted by Gasteiger charge is -2.21. The monoisotopic (exact) mass is 428 g/mol. The average molecular weight is 428 g/mol. The minimum Gasteiger partial charge on any atom is -0.324 e. The first-order valence-corrected chi connectivity index (χ1v) is 9.68. The summed E-state index contributed by atoms with van der Waals surface area (Å²) in [5.41, 5.74) is 0.535. The number of aromatic nitrogens is 3. The van der Waals surface area contributed by atoms with E-state index in [4.69, 9.17) is 0 Å². The number of amides is 1. The van der Waals surface area contributed by atoms with Gasteiger partial charge < -0.3 is 5.32 Å². The Balaban J connectivity index is 1.83. The van der Waals surface area contributed by atoms with E-state index in [2.05, 4.69) is 10.3 Å². The Bertz CT molecular complexity index is 1350. The first-order chi connectivity index (χ1) is 14.7. The van der Waals surface area contributed by atoms with Crippen molar-refractivity contribution in [2.45, 2.75) is 32.5 Å². The normalized spacial score (nSPS) is 12.9. The molecule has 6 nitrogen and oxygen atoms in total. The van der Waals surface area contributed by atoms with E-state index in [1.54, 1.807) is 16.1 Å². The van der Waals surface area contributed by atoms with Crippen LogP contribution >= 0.6 is 0 Å². The Morgan fingerprint density at radius 1 is 1.13 bits per heavy atom. The van der Waals surface area contributed by atoms with Crippen LogP contribution in [0, 0.1) is 6.92 Å². The predicted octanol–water partition coefficient (Wildman–Crippen LogP) is 4.57. The molecule has 9 heteroatoms. The Labute approximate surface area is 174 Å². The van der Waals surface area contributed by atoms with Crippen LogP contribution in [0.15, 0.2) is 59.4 Å². The number of aryl methyl sites for hydroxylation is 1. The van der Waals surface area contributed by atoms with Crippen LogP contribution in [0.1, 0.15) is 30.6 Å². The lowest BCUT2D eigenvalue weighted by Crippen LogP contribution is -2.29. The van der Waals surface area contributed by atoms with E-state index in [9.17, 15) is 22.8 Å². The largest absolute Gasteiger partial charge is 0.416 e. The van der Waals surface area contributed by atoms with Gasteiger partial charge >= 0.3 is 6.18 Å². The maximum absolute atomic E-state index is 13.2. The molecule has 1 atom stereocenters. The summed E-state index contributed by atoms with van der Waals surface area (Å²) in [4.78, 5) is 29.3. The summed E-state index contributed by atoms with van der Waals surface area (Å²) in [6.45, 7) is 3.55. The molecular formula is C22H19F3N4O2. The highest BCUT2D eigenvalue weighted by Crippen LogP contribution is 2.31. The summed E-state index contributed by atoms with van der Waals surface area (Å²) < 4.78 is 42.5. The molecule has 31 heavy (non-hydrogen) atoms. The van der Waals surface area contributed by atoms with Gasteiger partial charge in [0.2, 0.25) is 5.91 Å². The number of nitrogens with zero attached hydrogens (tertiary/aromatic N) is 3. The summed E-state index contributed by atoms with van der Waals surface area (Å²) in [5, 5.41) is 3.30. The van der Waals surface area contributed by atoms with Crippen LogP contribution in [-0.2, 0) is 11.0 Å². The summed E-state index contributed by atoms with van der Waals surface area (Å²) >= 11 is 0. The number of rotatable bonds is 4. The molecule has 1 unspecified atom stereocenters. The van der Waals surface area contributed by atoms with Gasteiger partial charge in [0, 0.05) is 22.8 Å². The van der Waals surface area contributed by atoms with Gasteiger partial charge in [-0.1, -0.05) is 25.1 Å². The van der Waals surface area contributed by atoms with E-state index < -0.39 is 23.7 Å². The van der Waals surface area contributed by atoms with E-state index in [1.165, 1.54) is 18.2 Å². The van der Waals surface area contributed by atoms with Crippen LogP contribution in [-0.4, -0.2) is 20.1 Å². The van der Waals surface area contributed by atoms with Gasteiger partial charge in [-0.15, -0.1) is 0 Å². The lowest BCUT2D eigenvalue weighted by atomic mass is 10.1. The second kappa shape index (κ2) is 7.57. The highest BCUT2D eigenvalue weighted by Gasteiger charge is 2.31. The number of alkyl halides is 3. The standard InChI is InChI=1S/C22H19F3N4O2/c1-3-17(21(31)26-15-8-6-7-14(12-15)22(23,24)25)29-18-10-5-4-9-16(18)20-27-19(30)11-13(2)28(20)29/h4-12,17H,3H2,1-2H3,(H,26,31). The second-order valence-corrected chi connectivity index (χ2v) is 7.22. The molecule has 0 bridgehead atoms. The smallest absolute Gasteiger partial charge is 0.324 e. The van der Waals surface area contributed by atoms with Gasteiger partial charge in [0.05, 0.1) is 11.1 Å². The fourth-order valence-corrected chi connectivity index (χ4v) is 3.78. The summed E-state index contributed by atoms with van der Waals surface area (Å²) in [7, 11) is 0. The topological polar surface area (TPSA) is 68.4 Å². The third-order valence-corrected chi connectivity index (χ3v) is 5.13. The van der Waals surface area contributed by atoms with E-state index in [-0.39, 0.29) is 11.2 Å². The molecule has 0 aliphatic rings.